The Morgan fingerprint density at radius 3 is 1.84 bits per heavy atom. The molecule has 2 aliphatic rings. The van der Waals surface area contributed by atoms with Crippen LogP contribution in [-0.2, 0) is 29.2 Å². The van der Waals surface area contributed by atoms with Crippen LogP contribution < -0.4 is 0 Å². The minimum absolute atomic E-state index is 0.0113. The van der Waals surface area contributed by atoms with Crippen molar-refractivity contribution in [3.8, 4) is 0 Å². The molecule has 0 saturated carbocycles. The van der Waals surface area contributed by atoms with Gasteiger partial charge in [-0.3, -0.25) is 4.79 Å². The molecule has 2 aliphatic heterocycles. The van der Waals surface area contributed by atoms with Gasteiger partial charge in [0.15, 0.2) is 0 Å². The number of ether oxygens (including phenoxy) is 1. The van der Waals surface area contributed by atoms with Gasteiger partial charge in [-0.25, -0.2) is 4.79 Å². The topological polar surface area (TPSA) is 148 Å². The number of amides is 2. The second kappa shape index (κ2) is 16.5. The molecule has 0 radical (unpaired) electrons. The van der Waals surface area contributed by atoms with Crippen LogP contribution in [0.4, 0.5) is 4.79 Å². The smallest absolute Gasteiger partial charge is 0.321 e. The number of unbranched alkanes of at least 4 members (excludes halogenated alkanes) is 1. The highest BCUT2D eigenvalue weighted by atomic mass is 32.2. The highest BCUT2D eigenvalue weighted by Crippen LogP contribution is 2.43. The Balaban J connectivity index is 1.24. The fourth-order valence-corrected chi connectivity index (χ4v) is 8.17. The van der Waals surface area contributed by atoms with E-state index in [0.29, 0.717) is 43.1 Å². The Morgan fingerprint density at radius 2 is 1.29 bits per heavy atom. The van der Waals surface area contributed by atoms with Crippen LogP contribution in [0.1, 0.15) is 79.8 Å². The number of carbonyl (C=O) groups is 2. The quantitative estimate of drug-likeness (QED) is 0.0419. The lowest BCUT2D eigenvalue weighted by Crippen LogP contribution is -2.40. The molecule has 3 atom stereocenters. The molecule has 2 saturated heterocycles. The Hall–Kier alpha value is -4.84. The maximum Gasteiger partial charge on any atom is 0.321 e. The van der Waals surface area contributed by atoms with Gasteiger partial charge in [-0.05, 0) is 85.2 Å². The van der Waals surface area contributed by atoms with Crippen LogP contribution >= 0.6 is 11.8 Å². The first-order valence-corrected chi connectivity index (χ1v) is 17.5. The molecule has 2 unspecified atom stereocenters. The van der Waals surface area contributed by atoms with Gasteiger partial charge >= 0.3 is 12.0 Å². The molecule has 12 heteroatoms. The third-order valence-corrected chi connectivity index (χ3v) is 10.7. The average Bonchev–Trinajstić information content (AvgIpc) is 3.65. The SMILES string of the molecule is C/C(=N\O)c1cccc(COC(=O)CCCC[C@@H]2SCC3C2N(Cc2cccc(/C(C)=N/O)c2)C(=O)N3Cc2cccc(/C(C)=N/O)c2)c1. The van der Waals surface area contributed by atoms with Crippen molar-refractivity contribution < 1.29 is 29.9 Å². The largest absolute Gasteiger partial charge is 0.461 e. The molecule has 3 aromatic rings. The number of benzene rings is 3. The second-order valence-electron chi connectivity index (χ2n) is 12.5. The summed E-state index contributed by atoms with van der Waals surface area (Å²) >= 11 is 1.88. The first-order valence-electron chi connectivity index (χ1n) is 16.4. The van der Waals surface area contributed by atoms with Crippen molar-refractivity contribution in [2.24, 2.45) is 15.5 Å². The minimum atomic E-state index is -0.260. The van der Waals surface area contributed by atoms with Crippen molar-refractivity contribution in [3.05, 3.63) is 106 Å². The summed E-state index contributed by atoms with van der Waals surface area (Å²) in [6.45, 7) is 6.20. The van der Waals surface area contributed by atoms with E-state index in [0.717, 1.165) is 52.0 Å². The van der Waals surface area contributed by atoms with E-state index < -0.39 is 0 Å². The van der Waals surface area contributed by atoms with E-state index in [4.69, 9.17) is 9.94 Å². The second-order valence-corrected chi connectivity index (χ2v) is 13.8. The Bertz CT molecular complexity index is 1740. The number of oxime groups is 3. The number of hydrogen-bond acceptors (Lipinski definition) is 10. The molecule has 3 N–H and O–H groups in total. The molecule has 0 aliphatic carbocycles. The average molecular weight is 686 g/mol. The van der Waals surface area contributed by atoms with E-state index in [1.807, 2.05) is 94.4 Å². The zero-order valence-electron chi connectivity index (χ0n) is 28.0. The van der Waals surface area contributed by atoms with Crippen molar-refractivity contribution in [2.75, 3.05) is 5.75 Å². The van der Waals surface area contributed by atoms with E-state index in [2.05, 4.69) is 15.5 Å². The van der Waals surface area contributed by atoms with Crippen molar-refractivity contribution in [2.45, 2.75) is 83.5 Å². The summed E-state index contributed by atoms with van der Waals surface area (Å²) in [4.78, 5) is 30.7. The fourth-order valence-electron chi connectivity index (χ4n) is 6.49. The molecular formula is C37H43N5O6S. The number of fused-ring (bicyclic) bond motifs is 1. The molecule has 11 nitrogen and oxygen atoms in total. The van der Waals surface area contributed by atoms with Gasteiger partial charge < -0.3 is 30.2 Å². The monoisotopic (exact) mass is 685 g/mol. The molecule has 0 bridgehead atoms. The molecular weight excluding hydrogens is 643 g/mol. The van der Waals surface area contributed by atoms with Gasteiger partial charge in [0.05, 0.1) is 29.2 Å². The van der Waals surface area contributed by atoms with Crippen LogP contribution in [0.3, 0.4) is 0 Å². The summed E-state index contributed by atoms with van der Waals surface area (Å²) in [5.41, 5.74) is 6.60. The summed E-state index contributed by atoms with van der Waals surface area (Å²) in [7, 11) is 0. The van der Waals surface area contributed by atoms with E-state index in [-0.39, 0.29) is 35.9 Å². The predicted octanol–water partition coefficient (Wildman–Crippen LogP) is 6.88. The first-order chi connectivity index (χ1) is 23.7. The third-order valence-electron chi connectivity index (χ3n) is 9.22. The lowest BCUT2D eigenvalue weighted by atomic mass is 9.99. The molecule has 258 valence electrons. The van der Waals surface area contributed by atoms with Crippen molar-refractivity contribution >= 4 is 40.9 Å². The number of esters is 1. The molecule has 2 fully saturated rings. The summed E-state index contributed by atoms with van der Waals surface area (Å²) in [5, 5.41) is 37.8. The van der Waals surface area contributed by atoms with Crippen molar-refractivity contribution in [1.82, 2.24) is 9.80 Å². The molecule has 0 spiro atoms. The summed E-state index contributed by atoms with van der Waals surface area (Å²) < 4.78 is 5.52. The van der Waals surface area contributed by atoms with Gasteiger partial charge in [-0.1, -0.05) is 76.5 Å². The number of hydrogen-bond donors (Lipinski definition) is 3. The van der Waals surface area contributed by atoms with Gasteiger partial charge in [-0.15, -0.1) is 0 Å². The highest BCUT2D eigenvalue weighted by molar-refractivity contribution is 8.00. The molecule has 3 aromatic carbocycles. The standard InChI is InChI=1S/C37H43N5O6S/c1-24(38-45)30-12-6-9-27(17-30)20-41-33-23-49-34(36(33)42(37(41)44)21-28-10-7-13-31(18-28)25(2)39-46)15-4-5-16-35(43)48-22-29-11-8-14-32(19-29)26(3)40-47/h6-14,17-19,33-34,36,45-47H,4-5,15-16,20-23H2,1-3H3/b38-24+,39-25+,40-26+/t33?,34-,36?/m0/s1. The van der Waals surface area contributed by atoms with Crippen LogP contribution in [-0.4, -0.2) is 77.6 Å². The lowest BCUT2D eigenvalue weighted by molar-refractivity contribution is -0.145. The highest BCUT2D eigenvalue weighted by Gasteiger charge is 2.52. The number of nitrogens with zero attached hydrogens (tertiary/aromatic N) is 5. The molecule has 2 heterocycles. The maximum absolute atomic E-state index is 14.1. The van der Waals surface area contributed by atoms with Crippen molar-refractivity contribution in [3.63, 3.8) is 0 Å². The zero-order chi connectivity index (χ0) is 34.9. The maximum atomic E-state index is 14.1. The van der Waals surface area contributed by atoms with Crippen LogP contribution in [0.25, 0.3) is 0 Å². The molecule has 0 aromatic heterocycles. The van der Waals surface area contributed by atoms with E-state index in [1.54, 1.807) is 20.8 Å². The number of rotatable bonds is 14. The summed E-state index contributed by atoms with van der Waals surface area (Å²) in [6.07, 6.45) is 2.67. The van der Waals surface area contributed by atoms with Gasteiger partial charge in [0.1, 0.15) is 6.61 Å². The van der Waals surface area contributed by atoms with Gasteiger partial charge in [0, 0.05) is 30.5 Å². The number of urea groups is 1. The Morgan fingerprint density at radius 1 is 0.776 bits per heavy atom. The van der Waals surface area contributed by atoms with Crippen molar-refractivity contribution in [1.29, 1.82) is 0 Å². The zero-order valence-corrected chi connectivity index (χ0v) is 28.8. The number of carbonyl (C=O) groups excluding carboxylic acids is 2. The van der Waals surface area contributed by atoms with Crippen LogP contribution in [0.5, 0.6) is 0 Å². The lowest BCUT2D eigenvalue weighted by Gasteiger charge is -2.27. The normalized spacial score (nSPS) is 19.8. The predicted molar refractivity (Wildman–Crippen MR) is 190 cm³/mol. The number of thioether (sulfide) groups is 1. The van der Waals surface area contributed by atoms with Gasteiger partial charge in [0.25, 0.3) is 0 Å². The van der Waals surface area contributed by atoms with Crippen LogP contribution in [0.2, 0.25) is 0 Å². The molecule has 5 rings (SSSR count). The summed E-state index contributed by atoms with van der Waals surface area (Å²) in [6, 6.07) is 22.8. The minimum Gasteiger partial charge on any atom is -0.461 e. The van der Waals surface area contributed by atoms with E-state index in [9.17, 15) is 20.0 Å². The Kier molecular flexibility index (Phi) is 12.0. The van der Waals surface area contributed by atoms with Crippen LogP contribution in [0, 0.1) is 0 Å². The third kappa shape index (κ3) is 8.61. The van der Waals surface area contributed by atoms with Gasteiger partial charge in [0.2, 0.25) is 0 Å². The van der Waals surface area contributed by atoms with E-state index >= 15 is 0 Å². The van der Waals surface area contributed by atoms with Gasteiger partial charge in [-0.2, -0.15) is 11.8 Å². The van der Waals surface area contributed by atoms with E-state index in [1.165, 1.54) is 0 Å². The van der Waals surface area contributed by atoms with Crippen LogP contribution in [0.15, 0.2) is 88.3 Å². The first kappa shape index (κ1) is 35.5. The Labute approximate surface area is 290 Å². The molecule has 2 amide bonds. The summed E-state index contributed by atoms with van der Waals surface area (Å²) in [5.74, 6) is 0.552. The fraction of sp³-hybridized carbons (Fsp3) is 0.378. The molecule has 49 heavy (non-hydrogen) atoms.